The second kappa shape index (κ2) is 5.01. The van der Waals surface area contributed by atoms with Crippen molar-refractivity contribution in [1.82, 2.24) is 4.98 Å². The standard InChI is InChI=1S/C8H10BrNO3/c1-2-12-8(11)7-6(3-4-9)10-5-13-7/h5H,2-4H2,1H3. The van der Waals surface area contributed by atoms with Crippen molar-refractivity contribution in [2.75, 3.05) is 11.9 Å². The highest BCUT2D eigenvalue weighted by Gasteiger charge is 2.16. The van der Waals surface area contributed by atoms with Gasteiger partial charge >= 0.3 is 5.97 Å². The molecular weight excluding hydrogens is 238 g/mol. The van der Waals surface area contributed by atoms with Gasteiger partial charge in [-0.25, -0.2) is 9.78 Å². The van der Waals surface area contributed by atoms with Crippen LogP contribution in [0.1, 0.15) is 23.2 Å². The van der Waals surface area contributed by atoms with E-state index < -0.39 is 5.97 Å². The smallest absolute Gasteiger partial charge is 0.376 e. The van der Waals surface area contributed by atoms with Crippen LogP contribution in [0.5, 0.6) is 0 Å². The van der Waals surface area contributed by atoms with Crippen LogP contribution < -0.4 is 0 Å². The quantitative estimate of drug-likeness (QED) is 0.602. The Labute approximate surface area is 84.4 Å². The van der Waals surface area contributed by atoms with Crippen LogP contribution in [-0.4, -0.2) is 22.9 Å². The first-order chi connectivity index (χ1) is 6.29. The SMILES string of the molecule is CCOC(=O)c1ocnc1CCBr. The second-order valence-electron chi connectivity index (χ2n) is 2.29. The Morgan fingerprint density at radius 3 is 3.15 bits per heavy atom. The summed E-state index contributed by atoms with van der Waals surface area (Å²) >= 11 is 3.26. The number of halogens is 1. The van der Waals surface area contributed by atoms with Gasteiger partial charge in [0.05, 0.1) is 12.3 Å². The van der Waals surface area contributed by atoms with Crippen LogP contribution in [0.15, 0.2) is 10.8 Å². The van der Waals surface area contributed by atoms with Gasteiger partial charge in [0.1, 0.15) is 0 Å². The number of hydrogen-bond donors (Lipinski definition) is 0. The molecule has 0 atom stereocenters. The van der Waals surface area contributed by atoms with Gasteiger partial charge in [-0.1, -0.05) is 15.9 Å². The summed E-state index contributed by atoms with van der Waals surface area (Å²) in [7, 11) is 0. The fourth-order valence-corrected chi connectivity index (χ4v) is 1.28. The molecule has 0 unspecified atom stereocenters. The molecule has 4 nitrogen and oxygen atoms in total. The van der Waals surface area contributed by atoms with E-state index in [1.807, 2.05) is 0 Å². The topological polar surface area (TPSA) is 52.3 Å². The lowest BCUT2D eigenvalue weighted by atomic mass is 10.3. The lowest BCUT2D eigenvalue weighted by molar-refractivity contribution is 0.0488. The predicted octanol–water partition coefficient (Wildman–Crippen LogP) is 1.79. The summed E-state index contributed by atoms with van der Waals surface area (Å²) in [6, 6.07) is 0. The molecule has 0 radical (unpaired) electrons. The van der Waals surface area contributed by atoms with Crippen molar-refractivity contribution < 1.29 is 13.9 Å². The van der Waals surface area contributed by atoms with Gasteiger partial charge in [0, 0.05) is 11.8 Å². The Bertz CT molecular complexity index is 285. The number of ether oxygens (including phenoxy) is 1. The van der Waals surface area contributed by atoms with E-state index in [1.165, 1.54) is 6.39 Å². The van der Waals surface area contributed by atoms with Crippen molar-refractivity contribution in [2.24, 2.45) is 0 Å². The normalized spacial score (nSPS) is 10.0. The molecule has 1 heterocycles. The monoisotopic (exact) mass is 247 g/mol. The number of rotatable bonds is 4. The second-order valence-corrected chi connectivity index (χ2v) is 3.08. The van der Waals surface area contributed by atoms with Crippen LogP contribution in [0.3, 0.4) is 0 Å². The molecule has 0 saturated carbocycles. The number of oxazole rings is 1. The van der Waals surface area contributed by atoms with Crippen LogP contribution in [0, 0.1) is 0 Å². The third-order valence-corrected chi connectivity index (χ3v) is 1.83. The van der Waals surface area contributed by atoms with E-state index in [9.17, 15) is 4.79 Å². The zero-order valence-electron chi connectivity index (χ0n) is 7.25. The summed E-state index contributed by atoms with van der Waals surface area (Å²) < 4.78 is 9.71. The van der Waals surface area contributed by atoms with Crippen LogP contribution in [0.2, 0.25) is 0 Å². The molecule has 0 aliphatic rings. The summed E-state index contributed by atoms with van der Waals surface area (Å²) in [5, 5.41) is 0.742. The van der Waals surface area contributed by atoms with E-state index in [0.717, 1.165) is 5.33 Å². The molecule has 0 spiro atoms. The van der Waals surface area contributed by atoms with Crippen LogP contribution in [-0.2, 0) is 11.2 Å². The molecule has 5 heteroatoms. The third kappa shape index (κ3) is 2.55. The summed E-state index contributed by atoms with van der Waals surface area (Å²) in [6.07, 6.45) is 1.91. The average Bonchev–Trinajstić information content (AvgIpc) is 2.54. The molecule has 0 N–H and O–H groups in total. The van der Waals surface area contributed by atoms with Crippen molar-refractivity contribution >= 4 is 21.9 Å². The Kier molecular flexibility index (Phi) is 3.95. The number of alkyl halides is 1. The van der Waals surface area contributed by atoms with Gasteiger partial charge in [0.15, 0.2) is 6.39 Å². The molecule has 0 aromatic carbocycles. The van der Waals surface area contributed by atoms with Gasteiger partial charge in [-0.2, -0.15) is 0 Å². The van der Waals surface area contributed by atoms with Crippen molar-refractivity contribution in [2.45, 2.75) is 13.3 Å². The molecule has 0 saturated heterocycles. The minimum absolute atomic E-state index is 0.210. The Balaban J connectivity index is 2.74. The first-order valence-electron chi connectivity index (χ1n) is 3.95. The number of nitrogens with zero attached hydrogens (tertiary/aromatic N) is 1. The number of esters is 1. The molecule has 1 aromatic rings. The van der Waals surface area contributed by atoms with E-state index in [0.29, 0.717) is 18.7 Å². The largest absolute Gasteiger partial charge is 0.460 e. The van der Waals surface area contributed by atoms with Gasteiger partial charge in [-0.05, 0) is 6.92 Å². The maximum absolute atomic E-state index is 11.2. The molecule has 0 aliphatic heterocycles. The minimum Gasteiger partial charge on any atom is -0.460 e. The molecule has 1 aromatic heterocycles. The van der Waals surface area contributed by atoms with Gasteiger partial charge in [-0.3, -0.25) is 0 Å². The van der Waals surface area contributed by atoms with Gasteiger partial charge in [0.25, 0.3) is 0 Å². The molecule has 0 fully saturated rings. The molecular formula is C8H10BrNO3. The Morgan fingerprint density at radius 2 is 2.54 bits per heavy atom. The van der Waals surface area contributed by atoms with Crippen molar-refractivity contribution in [3.63, 3.8) is 0 Å². The number of hydrogen-bond acceptors (Lipinski definition) is 4. The van der Waals surface area contributed by atoms with Crippen LogP contribution >= 0.6 is 15.9 Å². The van der Waals surface area contributed by atoms with E-state index >= 15 is 0 Å². The fourth-order valence-electron chi connectivity index (χ4n) is 0.899. The van der Waals surface area contributed by atoms with E-state index in [-0.39, 0.29) is 5.76 Å². The van der Waals surface area contributed by atoms with Gasteiger partial charge in [0.2, 0.25) is 5.76 Å². The molecule has 13 heavy (non-hydrogen) atoms. The first-order valence-corrected chi connectivity index (χ1v) is 5.07. The summed E-state index contributed by atoms with van der Waals surface area (Å²) in [5.41, 5.74) is 0.635. The number of carbonyl (C=O) groups is 1. The average molecular weight is 248 g/mol. The highest BCUT2D eigenvalue weighted by Crippen LogP contribution is 2.10. The molecule has 0 amide bonds. The van der Waals surface area contributed by atoms with E-state index in [2.05, 4.69) is 20.9 Å². The Hall–Kier alpha value is -0.840. The lowest BCUT2D eigenvalue weighted by Gasteiger charge is -1.98. The maximum atomic E-state index is 11.2. The first kappa shape index (κ1) is 10.2. The number of carbonyl (C=O) groups excluding carboxylic acids is 1. The van der Waals surface area contributed by atoms with Crippen LogP contribution in [0.4, 0.5) is 0 Å². The van der Waals surface area contributed by atoms with Crippen molar-refractivity contribution in [3.05, 3.63) is 17.8 Å². The van der Waals surface area contributed by atoms with Crippen LogP contribution in [0.25, 0.3) is 0 Å². The summed E-state index contributed by atoms with van der Waals surface area (Å²) in [6.45, 7) is 2.09. The highest BCUT2D eigenvalue weighted by atomic mass is 79.9. The molecule has 0 bridgehead atoms. The predicted molar refractivity (Wildman–Crippen MR) is 50.0 cm³/mol. The maximum Gasteiger partial charge on any atom is 0.376 e. The lowest BCUT2D eigenvalue weighted by Crippen LogP contribution is -2.06. The highest BCUT2D eigenvalue weighted by molar-refractivity contribution is 9.09. The molecule has 0 aliphatic carbocycles. The molecule has 72 valence electrons. The molecule has 1 rings (SSSR count). The van der Waals surface area contributed by atoms with Crippen molar-refractivity contribution in [3.8, 4) is 0 Å². The van der Waals surface area contributed by atoms with E-state index in [1.54, 1.807) is 6.92 Å². The Morgan fingerprint density at radius 1 is 1.77 bits per heavy atom. The minimum atomic E-state index is -0.448. The van der Waals surface area contributed by atoms with Gasteiger partial charge in [-0.15, -0.1) is 0 Å². The van der Waals surface area contributed by atoms with Gasteiger partial charge < -0.3 is 9.15 Å². The third-order valence-electron chi connectivity index (χ3n) is 1.43. The summed E-state index contributed by atoms with van der Waals surface area (Å²) in [4.78, 5) is 15.1. The van der Waals surface area contributed by atoms with E-state index in [4.69, 9.17) is 9.15 Å². The number of aromatic nitrogens is 1. The van der Waals surface area contributed by atoms with Crippen molar-refractivity contribution in [1.29, 1.82) is 0 Å². The zero-order valence-corrected chi connectivity index (χ0v) is 8.83. The zero-order chi connectivity index (χ0) is 9.68. The fraction of sp³-hybridized carbons (Fsp3) is 0.500. The summed E-state index contributed by atoms with van der Waals surface area (Å²) in [5.74, 6) is -0.239. The number of aryl methyl sites for hydroxylation is 1.